The number of fused-ring (bicyclic) bond motifs is 2. The standard InChI is InChI=1S/C31H24N6O2S.2C16H36N.H3O4P/c38-29(32-21-11-3-1-4-12-21)25-17-19-9-7-15-23(27(19)34-25)36-31(40)37-24-16-8-10-20-18-26(35-28(20)24)30(39)33-22-13-5-2-6-14-22;2*1-5-9-13-17(14-10-6-2,15-11-7-3)16-12-8-4;1-5(2,3)4/h1-18,34-35H,(H,32,38)(H,33,39)(H2,36,37,40);2*5-16H2,1-4H3;(H3,1,2,3,4)/q;2*+1;/p-2. The number of aromatic amines is 2. The predicted molar refractivity (Wildman–Crippen MR) is 334 cm³/mol. The van der Waals surface area contributed by atoms with Crippen molar-refractivity contribution in [1.82, 2.24) is 9.97 Å². The van der Waals surface area contributed by atoms with Crippen molar-refractivity contribution in [2.75, 3.05) is 73.6 Å². The van der Waals surface area contributed by atoms with Gasteiger partial charge in [-0.3, -0.25) is 9.59 Å². The molecule has 7 N–H and O–H groups in total. The summed E-state index contributed by atoms with van der Waals surface area (Å²) < 4.78 is 11.5. The summed E-state index contributed by atoms with van der Waals surface area (Å²) >= 11 is 5.63. The summed E-state index contributed by atoms with van der Waals surface area (Å²) in [5.41, 5.74) is 5.24. The molecule has 0 spiro atoms. The molecule has 0 aliphatic rings. The van der Waals surface area contributed by atoms with E-state index in [1.807, 2.05) is 97.1 Å². The zero-order valence-corrected chi connectivity index (χ0v) is 50.8. The van der Waals surface area contributed by atoms with Crippen molar-refractivity contribution >= 4 is 81.5 Å². The second kappa shape index (κ2) is 37.5. The Morgan fingerprint density at radius 3 is 0.975 bits per heavy atom. The van der Waals surface area contributed by atoms with Crippen molar-refractivity contribution in [2.24, 2.45) is 0 Å². The van der Waals surface area contributed by atoms with Gasteiger partial charge in [-0.1, -0.05) is 167 Å². The Hall–Kier alpha value is -5.38. The smallest absolute Gasteiger partial charge is 0.272 e. The fourth-order valence-corrected chi connectivity index (χ4v) is 9.99. The topological polar surface area (TPSA) is 197 Å². The summed E-state index contributed by atoms with van der Waals surface area (Å²) in [5, 5.41) is 14.3. The van der Waals surface area contributed by atoms with Crippen LogP contribution in [-0.2, 0) is 4.57 Å². The molecule has 2 aromatic heterocycles. The summed E-state index contributed by atoms with van der Waals surface area (Å²) in [5.74, 6) is -0.473. The number of carbonyl (C=O) groups is 2. The number of amides is 2. The van der Waals surface area contributed by atoms with Gasteiger partial charge in [0.25, 0.3) is 11.8 Å². The number of carbonyl (C=O) groups excluding carboxylic acids is 2. The SMILES string of the molecule is CCCC[N+](CCCC)(CCCC)CCCC.CCCC[N+](CCCC)(CCCC)CCCC.O=C(Nc1ccccc1)c1cc2cccc(NC(=S)Nc3cccc4cc(C(=O)Nc5ccccc5)[nH]c34)c2[nH]1.O=P([O-])([O-])O. The van der Waals surface area contributed by atoms with Crippen molar-refractivity contribution in [3.05, 3.63) is 121 Å². The lowest BCUT2D eigenvalue weighted by molar-refractivity contribution is -0.929. The first-order valence-electron chi connectivity index (χ1n) is 29.5. The summed E-state index contributed by atoms with van der Waals surface area (Å²) in [7, 11) is -5.14. The van der Waals surface area contributed by atoms with Gasteiger partial charge in [0.15, 0.2) is 5.11 Å². The van der Waals surface area contributed by atoms with Gasteiger partial charge in [0.2, 0.25) is 0 Å². The third-order valence-electron chi connectivity index (χ3n) is 14.2. The van der Waals surface area contributed by atoms with Crippen LogP contribution in [0.3, 0.4) is 0 Å². The molecule has 0 atom stereocenters. The monoisotopic (exact) mass is 1120 g/mol. The number of unbranched alkanes of at least 4 members (excludes halogenated alkanes) is 8. The second-order valence-corrected chi connectivity index (χ2v) is 22.2. The number of hydrogen-bond donors (Lipinski definition) is 7. The maximum atomic E-state index is 12.8. The fraction of sp³-hybridized carbons (Fsp3) is 0.508. The van der Waals surface area contributed by atoms with Crippen molar-refractivity contribution < 1.29 is 37.8 Å². The summed E-state index contributed by atoms with van der Waals surface area (Å²) in [6.07, 6.45) is 22.1. The van der Waals surface area contributed by atoms with E-state index in [1.54, 1.807) is 12.1 Å². The third kappa shape index (κ3) is 25.7. The molecule has 0 radical (unpaired) electrons. The molecule has 0 aliphatic carbocycles. The average Bonchev–Trinajstić information content (AvgIpc) is 4.19. The Bertz CT molecular complexity index is 2440. The lowest BCUT2D eigenvalue weighted by Gasteiger charge is -2.39. The van der Waals surface area contributed by atoms with E-state index in [4.69, 9.17) is 31.5 Å². The highest BCUT2D eigenvalue weighted by atomic mass is 32.1. The molecule has 0 fully saturated rings. The average molecular weight is 1130 g/mol. The van der Waals surface area contributed by atoms with E-state index in [2.05, 4.69) is 86.6 Å². The molecule has 16 heteroatoms. The number of quaternary nitrogens is 2. The number of anilines is 4. The lowest BCUT2D eigenvalue weighted by Crippen LogP contribution is -2.50. The van der Waals surface area contributed by atoms with Gasteiger partial charge in [-0.2, -0.15) is 0 Å². The third-order valence-corrected chi connectivity index (χ3v) is 14.5. The number of aromatic nitrogens is 2. The molecule has 6 rings (SSSR count). The van der Waals surface area contributed by atoms with E-state index in [0.717, 1.165) is 33.2 Å². The van der Waals surface area contributed by atoms with Gasteiger partial charge in [-0.15, -0.1) is 0 Å². The van der Waals surface area contributed by atoms with Gasteiger partial charge in [0.05, 0.1) is 82.6 Å². The summed E-state index contributed by atoms with van der Waals surface area (Å²) in [6, 6.07) is 33.6. The quantitative estimate of drug-likeness (QED) is 0.0130. The summed E-state index contributed by atoms with van der Waals surface area (Å²) in [4.78, 5) is 56.3. The Kier molecular flexibility index (Phi) is 32.3. The summed E-state index contributed by atoms with van der Waals surface area (Å²) in [6.45, 7) is 30.0. The molecule has 0 bridgehead atoms. The minimum absolute atomic E-state index is 0.237. The zero-order chi connectivity index (χ0) is 57.9. The van der Waals surface area contributed by atoms with Gasteiger partial charge in [-0.25, -0.2) is 0 Å². The first-order valence-corrected chi connectivity index (χ1v) is 31.4. The van der Waals surface area contributed by atoms with E-state index in [1.165, 1.54) is 164 Å². The first kappa shape index (κ1) is 67.9. The Labute approximate surface area is 479 Å². The van der Waals surface area contributed by atoms with Crippen molar-refractivity contribution in [2.45, 2.75) is 158 Å². The molecule has 0 saturated heterocycles. The van der Waals surface area contributed by atoms with Crippen LogP contribution in [0.25, 0.3) is 21.8 Å². The van der Waals surface area contributed by atoms with Gasteiger partial charge in [0.1, 0.15) is 11.4 Å². The van der Waals surface area contributed by atoms with Crippen molar-refractivity contribution in [1.29, 1.82) is 0 Å². The van der Waals surface area contributed by atoms with Crippen LogP contribution >= 0.6 is 20.0 Å². The number of thiocarbonyl (C=S) groups is 1. The zero-order valence-electron chi connectivity index (χ0n) is 49.1. The van der Waals surface area contributed by atoms with E-state index in [0.29, 0.717) is 27.9 Å². The van der Waals surface area contributed by atoms with Crippen LogP contribution in [-0.4, -0.2) is 93.1 Å². The second-order valence-electron chi connectivity index (χ2n) is 20.9. The van der Waals surface area contributed by atoms with Crippen molar-refractivity contribution in [3.8, 4) is 0 Å². The minimum Gasteiger partial charge on any atom is -0.790 e. The molecule has 0 aliphatic heterocycles. The van der Waals surface area contributed by atoms with Crippen LogP contribution in [0.4, 0.5) is 22.7 Å². The van der Waals surface area contributed by atoms with Crippen LogP contribution in [0, 0.1) is 0 Å². The molecular weight excluding hydrogens is 1030 g/mol. The molecule has 2 heterocycles. The first-order chi connectivity index (χ1) is 38.0. The molecular formula is C63H97N8O6PS. The van der Waals surface area contributed by atoms with E-state index in [-0.39, 0.29) is 11.8 Å². The maximum Gasteiger partial charge on any atom is 0.272 e. The van der Waals surface area contributed by atoms with Crippen LogP contribution in [0.2, 0.25) is 0 Å². The molecule has 2 amide bonds. The Morgan fingerprint density at radius 1 is 0.456 bits per heavy atom. The maximum absolute atomic E-state index is 12.8. The number of nitrogens with zero attached hydrogens (tertiary/aromatic N) is 2. The normalized spacial score (nSPS) is 11.4. The molecule has 0 unspecified atom stereocenters. The van der Waals surface area contributed by atoms with Crippen LogP contribution in [0.15, 0.2) is 109 Å². The highest BCUT2D eigenvalue weighted by Gasteiger charge is 2.26. The molecule has 0 saturated carbocycles. The lowest BCUT2D eigenvalue weighted by atomic mass is 10.1. The Balaban J connectivity index is 0.000000349. The number of rotatable bonds is 30. The van der Waals surface area contributed by atoms with Gasteiger partial charge in [0, 0.05) is 22.1 Å². The van der Waals surface area contributed by atoms with Crippen LogP contribution < -0.4 is 31.1 Å². The number of benzene rings is 4. The number of para-hydroxylation sites is 4. The molecule has 6 aromatic rings. The van der Waals surface area contributed by atoms with Crippen LogP contribution in [0.1, 0.15) is 179 Å². The number of nitrogens with one attached hydrogen (secondary N) is 6. The Morgan fingerprint density at radius 2 is 0.722 bits per heavy atom. The van der Waals surface area contributed by atoms with Gasteiger partial charge >= 0.3 is 0 Å². The molecule has 4 aromatic carbocycles. The minimum atomic E-state index is -5.14. The molecule has 79 heavy (non-hydrogen) atoms. The largest absolute Gasteiger partial charge is 0.790 e. The van der Waals surface area contributed by atoms with Crippen LogP contribution in [0.5, 0.6) is 0 Å². The van der Waals surface area contributed by atoms with Crippen molar-refractivity contribution in [3.63, 3.8) is 0 Å². The van der Waals surface area contributed by atoms with E-state index >= 15 is 0 Å². The number of phosphoric acid groups is 1. The highest BCUT2D eigenvalue weighted by molar-refractivity contribution is 7.80. The van der Waals surface area contributed by atoms with E-state index in [9.17, 15) is 9.59 Å². The predicted octanol–water partition coefficient (Wildman–Crippen LogP) is 14.8. The number of hydrogen-bond acceptors (Lipinski definition) is 6. The highest BCUT2D eigenvalue weighted by Crippen LogP contribution is 2.28. The fourth-order valence-electron chi connectivity index (χ4n) is 9.77. The van der Waals surface area contributed by atoms with E-state index < -0.39 is 7.82 Å². The number of H-pyrrole nitrogens is 2. The van der Waals surface area contributed by atoms with Gasteiger partial charge < -0.3 is 59.4 Å². The molecule has 14 nitrogen and oxygen atoms in total. The molecule has 436 valence electrons. The van der Waals surface area contributed by atoms with Gasteiger partial charge in [-0.05, 0) is 112 Å².